The highest BCUT2D eigenvalue weighted by Gasteiger charge is 2.22. The van der Waals surface area contributed by atoms with Crippen LogP contribution in [0.1, 0.15) is 54.9 Å². The maximum atomic E-state index is 12.3. The van der Waals surface area contributed by atoms with E-state index in [1.54, 1.807) is 0 Å². The van der Waals surface area contributed by atoms with E-state index >= 15 is 0 Å². The molecule has 0 radical (unpaired) electrons. The summed E-state index contributed by atoms with van der Waals surface area (Å²) >= 11 is 0. The molecule has 0 aromatic heterocycles. The topological polar surface area (TPSA) is 55.1 Å². The Labute approximate surface area is 127 Å². The Balaban J connectivity index is 1.93. The van der Waals surface area contributed by atoms with Crippen LogP contribution in [-0.4, -0.2) is 18.5 Å². The summed E-state index contributed by atoms with van der Waals surface area (Å²) in [6.45, 7) is 2.58. The molecular formula is C18H24N2O. The van der Waals surface area contributed by atoms with Crippen LogP contribution in [0.5, 0.6) is 0 Å². The molecule has 0 heterocycles. The quantitative estimate of drug-likeness (QED) is 0.839. The van der Waals surface area contributed by atoms with Gasteiger partial charge in [0.05, 0.1) is 6.54 Å². The average Bonchev–Trinajstić information content (AvgIpc) is 2.53. The van der Waals surface area contributed by atoms with Crippen molar-refractivity contribution >= 4 is 5.91 Å². The van der Waals surface area contributed by atoms with E-state index in [-0.39, 0.29) is 5.91 Å². The van der Waals surface area contributed by atoms with Crippen molar-refractivity contribution in [3.05, 3.63) is 35.4 Å². The number of rotatable bonds is 3. The molecule has 0 spiro atoms. The van der Waals surface area contributed by atoms with Crippen LogP contribution in [0.4, 0.5) is 0 Å². The third kappa shape index (κ3) is 4.61. The molecule has 1 amide bonds. The summed E-state index contributed by atoms with van der Waals surface area (Å²) in [6.07, 6.45) is 5.94. The van der Waals surface area contributed by atoms with E-state index in [1.807, 2.05) is 24.3 Å². The molecule has 1 aromatic carbocycles. The second-order valence-corrected chi connectivity index (χ2v) is 5.69. The largest absolute Gasteiger partial charge is 0.349 e. The molecule has 0 aliphatic heterocycles. The van der Waals surface area contributed by atoms with Gasteiger partial charge in [0.2, 0.25) is 0 Å². The molecule has 0 saturated heterocycles. The molecule has 2 unspecified atom stereocenters. The van der Waals surface area contributed by atoms with Crippen molar-refractivity contribution in [2.45, 2.75) is 45.1 Å². The Kier molecular flexibility index (Phi) is 5.83. The van der Waals surface area contributed by atoms with Gasteiger partial charge in [-0.25, -0.2) is 0 Å². The fourth-order valence-corrected chi connectivity index (χ4v) is 2.92. The van der Waals surface area contributed by atoms with Gasteiger partial charge in [-0.3, -0.25) is 4.79 Å². The van der Waals surface area contributed by atoms with E-state index < -0.39 is 0 Å². The average molecular weight is 284 g/mol. The van der Waals surface area contributed by atoms with Crippen LogP contribution in [0.3, 0.4) is 0 Å². The van der Waals surface area contributed by atoms with Crippen LogP contribution < -0.4 is 11.1 Å². The van der Waals surface area contributed by atoms with E-state index in [2.05, 4.69) is 24.1 Å². The van der Waals surface area contributed by atoms with Gasteiger partial charge in [0.15, 0.2) is 0 Å². The molecule has 2 rings (SSSR count). The van der Waals surface area contributed by atoms with Gasteiger partial charge in [0.25, 0.3) is 5.91 Å². The van der Waals surface area contributed by atoms with Gasteiger partial charge in [-0.05, 0) is 43.0 Å². The number of hydrogen-bond acceptors (Lipinski definition) is 2. The van der Waals surface area contributed by atoms with E-state index in [0.717, 1.165) is 24.3 Å². The lowest BCUT2D eigenvalue weighted by molar-refractivity contribution is 0.0919. The molecular weight excluding hydrogens is 260 g/mol. The van der Waals surface area contributed by atoms with Crippen LogP contribution in [0.25, 0.3) is 0 Å². The molecule has 2 atom stereocenters. The van der Waals surface area contributed by atoms with Crippen LogP contribution in [0, 0.1) is 17.8 Å². The Hall–Kier alpha value is -1.79. The summed E-state index contributed by atoms with van der Waals surface area (Å²) in [5.74, 6) is 6.55. The van der Waals surface area contributed by atoms with E-state index in [0.29, 0.717) is 18.2 Å². The molecule has 1 aromatic rings. The zero-order valence-electron chi connectivity index (χ0n) is 12.7. The SMILES string of the molecule is CCC1CCCC(NC(=O)c2ccc(C#CCN)cc2)C1. The predicted molar refractivity (Wildman–Crippen MR) is 85.9 cm³/mol. The number of amides is 1. The Morgan fingerprint density at radius 3 is 2.76 bits per heavy atom. The number of carbonyl (C=O) groups excluding carboxylic acids is 1. The first-order valence-electron chi connectivity index (χ1n) is 7.82. The summed E-state index contributed by atoms with van der Waals surface area (Å²) in [5.41, 5.74) is 6.93. The molecule has 1 saturated carbocycles. The monoisotopic (exact) mass is 284 g/mol. The van der Waals surface area contributed by atoms with Gasteiger partial charge < -0.3 is 11.1 Å². The van der Waals surface area contributed by atoms with Crippen LogP contribution in [-0.2, 0) is 0 Å². The van der Waals surface area contributed by atoms with Gasteiger partial charge in [-0.15, -0.1) is 0 Å². The smallest absolute Gasteiger partial charge is 0.251 e. The molecule has 3 heteroatoms. The number of hydrogen-bond donors (Lipinski definition) is 2. The minimum absolute atomic E-state index is 0.0232. The second-order valence-electron chi connectivity index (χ2n) is 5.69. The van der Waals surface area contributed by atoms with Crippen LogP contribution in [0.2, 0.25) is 0 Å². The molecule has 1 aliphatic carbocycles. The highest BCUT2D eigenvalue weighted by molar-refractivity contribution is 5.94. The molecule has 0 bridgehead atoms. The Morgan fingerprint density at radius 1 is 1.33 bits per heavy atom. The molecule has 112 valence electrons. The Morgan fingerprint density at radius 2 is 2.10 bits per heavy atom. The van der Waals surface area contributed by atoms with Crippen molar-refractivity contribution < 1.29 is 4.79 Å². The first-order chi connectivity index (χ1) is 10.2. The number of nitrogens with two attached hydrogens (primary N) is 1. The third-order valence-electron chi connectivity index (χ3n) is 4.18. The first-order valence-corrected chi connectivity index (χ1v) is 7.82. The summed E-state index contributed by atoms with van der Waals surface area (Å²) in [5, 5.41) is 3.17. The molecule has 3 nitrogen and oxygen atoms in total. The van der Waals surface area contributed by atoms with Gasteiger partial charge in [0, 0.05) is 17.2 Å². The van der Waals surface area contributed by atoms with Gasteiger partial charge in [0.1, 0.15) is 0 Å². The summed E-state index contributed by atoms with van der Waals surface area (Å²) in [4.78, 5) is 12.3. The molecule has 1 fully saturated rings. The highest BCUT2D eigenvalue weighted by Crippen LogP contribution is 2.26. The minimum atomic E-state index is 0.0232. The summed E-state index contributed by atoms with van der Waals surface area (Å²) in [6, 6.07) is 7.72. The Bertz CT molecular complexity index is 524. The standard InChI is InChI=1S/C18H24N2O/c1-2-14-5-3-7-17(13-14)20-18(21)16-10-8-15(9-11-16)6-4-12-19/h8-11,14,17H,2-3,5,7,12-13,19H2,1H3,(H,20,21). The minimum Gasteiger partial charge on any atom is -0.349 e. The number of carbonyl (C=O) groups is 1. The maximum Gasteiger partial charge on any atom is 0.251 e. The van der Waals surface area contributed by atoms with Crippen molar-refractivity contribution in [3.8, 4) is 11.8 Å². The normalized spacial score (nSPS) is 21.2. The molecule has 1 aliphatic rings. The van der Waals surface area contributed by atoms with Crippen molar-refractivity contribution in [2.75, 3.05) is 6.54 Å². The number of nitrogens with one attached hydrogen (secondary N) is 1. The molecule has 21 heavy (non-hydrogen) atoms. The van der Waals surface area contributed by atoms with Crippen molar-refractivity contribution in [2.24, 2.45) is 11.7 Å². The number of benzene rings is 1. The summed E-state index contributed by atoms with van der Waals surface area (Å²) in [7, 11) is 0. The zero-order valence-corrected chi connectivity index (χ0v) is 12.7. The lowest BCUT2D eigenvalue weighted by Crippen LogP contribution is -2.38. The van der Waals surface area contributed by atoms with Crippen molar-refractivity contribution in [1.82, 2.24) is 5.32 Å². The fourth-order valence-electron chi connectivity index (χ4n) is 2.92. The fraction of sp³-hybridized carbons (Fsp3) is 0.500. The summed E-state index contributed by atoms with van der Waals surface area (Å²) < 4.78 is 0. The lowest BCUT2D eigenvalue weighted by atomic mass is 9.84. The van der Waals surface area contributed by atoms with Gasteiger partial charge in [-0.2, -0.15) is 0 Å². The van der Waals surface area contributed by atoms with Crippen molar-refractivity contribution in [1.29, 1.82) is 0 Å². The van der Waals surface area contributed by atoms with E-state index in [9.17, 15) is 4.79 Å². The predicted octanol–water partition coefficient (Wildman–Crippen LogP) is 2.70. The maximum absolute atomic E-state index is 12.3. The first kappa shape index (κ1) is 15.6. The van der Waals surface area contributed by atoms with Crippen molar-refractivity contribution in [3.63, 3.8) is 0 Å². The van der Waals surface area contributed by atoms with Crippen LogP contribution in [0.15, 0.2) is 24.3 Å². The highest BCUT2D eigenvalue weighted by atomic mass is 16.1. The zero-order chi connectivity index (χ0) is 15.1. The van der Waals surface area contributed by atoms with Crippen LogP contribution >= 0.6 is 0 Å². The van der Waals surface area contributed by atoms with E-state index in [1.165, 1.54) is 19.3 Å². The molecule has 3 N–H and O–H groups in total. The third-order valence-corrected chi connectivity index (χ3v) is 4.18. The second kappa shape index (κ2) is 7.85. The lowest BCUT2D eigenvalue weighted by Gasteiger charge is -2.29. The van der Waals surface area contributed by atoms with Gasteiger partial charge >= 0.3 is 0 Å². The van der Waals surface area contributed by atoms with E-state index in [4.69, 9.17) is 5.73 Å². The van der Waals surface area contributed by atoms with Gasteiger partial charge in [-0.1, -0.05) is 38.0 Å².